The molecule has 1 amide bonds. The SMILES string of the molecule is O=C(CNC1CCCCCC1)N1CCNCC1. The van der Waals surface area contributed by atoms with Crippen LogP contribution in [-0.2, 0) is 4.79 Å². The third-order valence-corrected chi connectivity index (χ3v) is 3.87. The third kappa shape index (κ3) is 4.28. The second-order valence-corrected chi connectivity index (χ2v) is 5.20. The maximum absolute atomic E-state index is 12.0. The van der Waals surface area contributed by atoms with Crippen LogP contribution in [0.15, 0.2) is 0 Å². The van der Waals surface area contributed by atoms with Crippen molar-refractivity contribution in [2.45, 2.75) is 44.6 Å². The van der Waals surface area contributed by atoms with Crippen LogP contribution in [0.3, 0.4) is 0 Å². The number of amides is 1. The van der Waals surface area contributed by atoms with Crippen LogP contribution in [0.1, 0.15) is 38.5 Å². The molecule has 0 aromatic heterocycles. The Balaban J connectivity index is 1.67. The van der Waals surface area contributed by atoms with Gasteiger partial charge in [0.05, 0.1) is 6.54 Å². The van der Waals surface area contributed by atoms with Gasteiger partial charge in [0.1, 0.15) is 0 Å². The van der Waals surface area contributed by atoms with Gasteiger partial charge in [-0.3, -0.25) is 4.79 Å². The van der Waals surface area contributed by atoms with Gasteiger partial charge >= 0.3 is 0 Å². The Morgan fingerprint density at radius 1 is 1.12 bits per heavy atom. The quantitative estimate of drug-likeness (QED) is 0.714. The fraction of sp³-hybridized carbons (Fsp3) is 0.923. The summed E-state index contributed by atoms with van der Waals surface area (Å²) >= 11 is 0. The van der Waals surface area contributed by atoms with Gasteiger partial charge in [0.15, 0.2) is 0 Å². The van der Waals surface area contributed by atoms with Crippen LogP contribution < -0.4 is 10.6 Å². The molecule has 4 heteroatoms. The molecule has 0 unspecified atom stereocenters. The Morgan fingerprint density at radius 2 is 1.76 bits per heavy atom. The predicted octanol–water partition coefficient (Wildman–Crippen LogP) is 0.731. The van der Waals surface area contributed by atoms with Crippen LogP contribution in [0.2, 0.25) is 0 Å². The maximum atomic E-state index is 12.0. The van der Waals surface area contributed by atoms with E-state index < -0.39 is 0 Å². The molecule has 1 saturated heterocycles. The molecule has 98 valence electrons. The summed E-state index contributed by atoms with van der Waals surface area (Å²) in [6, 6.07) is 0.573. The molecule has 0 aromatic carbocycles. The van der Waals surface area contributed by atoms with Gasteiger partial charge < -0.3 is 15.5 Å². The smallest absolute Gasteiger partial charge is 0.236 e. The first kappa shape index (κ1) is 12.8. The first-order valence-corrected chi connectivity index (χ1v) is 7.08. The van der Waals surface area contributed by atoms with Crippen LogP contribution in [0.25, 0.3) is 0 Å². The normalized spacial score (nSPS) is 23.4. The number of carbonyl (C=O) groups is 1. The van der Waals surface area contributed by atoms with E-state index in [4.69, 9.17) is 0 Å². The Labute approximate surface area is 104 Å². The van der Waals surface area contributed by atoms with Gasteiger partial charge in [-0.25, -0.2) is 0 Å². The Hall–Kier alpha value is -0.610. The summed E-state index contributed by atoms with van der Waals surface area (Å²) < 4.78 is 0. The number of hydrogen-bond donors (Lipinski definition) is 2. The van der Waals surface area contributed by atoms with Gasteiger partial charge in [-0.1, -0.05) is 25.7 Å². The maximum Gasteiger partial charge on any atom is 0.236 e. The van der Waals surface area contributed by atoms with Crippen molar-refractivity contribution in [2.75, 3.05) is 32.7 Å². The molecule has 0 spiro atoms. The molecule has 2 rings (SSSR count). The van der Waals surface area contributed by atoms with Crippen LogP contribution >= 0.6 is 0 Å². The van der Waals surface area contributed by atoms with Crippen molar-refractivity contribution in [3.63, 3.8) is 0 Å². The molecule has 2 N–H and O–H groups in total. The summed E-state index contributed by atoms with van der Waals surface area (Å²) in [5.74, 6) is 0.274. The zero-order valence-corrected chi connectivity index (χ0v) is 10.7. The van der Waals surface area contributed by atoms with Crippen molar-refractivity contribution in [1.82, 2.24) is 15.5 Å². The molecule has 17 heavy (non-hydrogen) atoms. The topological polar surface area (TPSA) is 44.4 Å². The molecule has 1 saturated carbocycles. The van der Waals surface area contributed by atoms with E-state index in [9.17, 15) is 4.79 Å². The fourth-order valence-corrected chi connectivity index (χ4v) is 2.74. The van der Waals surface area contributed by atoms with Gasteiger partial charge in [-0.2, -0.15) is 0 Å². The summed E-state index contributed by atoms with van der Waals surface area (Å²) in [5, 5.41) is 6.72. The molecule has 0 radical (unpaired) electrons. The van der Waals surface area contributed by atoms with Crippen LogP contribution in [0.4, 0.5) is 0 Å². The fourth-order valence-electron chi connectivity index (χ4n) is 2.74. The van der Waals surface area contributed by atoms with E-state index in [-0.39, 0.29) is 5.91 Å². The van der Waals surface area contributed by atoms with Crippen molar-refractivity contribution in [3.05, 3.63) is 0 Å². The van der Waals surface area contributed by atoms with Crippen molar-refractivity contribution in [2.24, 2.45) is 0 Å². The number of rotatable bonds is 3. The minimum atomic E-state index is 0.274. The lowest BCUT2D eigenvalue weighted by Gasteiger charge is -2.28. The minimum absolute atomic E-state index is 0.274. The highest BCUT2D eigenvalue weighted by atomic mass is 16.2. The largest absolute Gasteiger partial charge is 0.339 e. The van der Waals surface area contributed by atoms with Gasteiger partial charge in [0.2, 0.25) is 5.91 Å². The van der Waals surface area contributed by atoms with Gasteiger partial charge in [-0.15, -0.1) is 0 Å². The summed E-state index contributed by atoms with van der Waals surface area (Å²) in [6.07, 6.45) is 7.86. The molecule has 1 aliphatic heterocycles. The highest BCUT2D eigenvalue weighted by molar-refractivity contribution is 5.78. The predicted molar refractivity (Wildman–Crippen MR) is 68.9 cm³/mol. The van der Waals surface area contributed by atoms with Crippen LogP contribution in [0.5, 0.6) is 0 Å². The van der Waals surface area contributed by atoms with E-state index in [0.29, 0.717) is 12.6 Å². The summed E-state index contributed by atoms with van der Waals surface area (Å²) in [7, 11) is 0. The standard InChI is InChI=1S/C13H25N3O/c17-13(16-9-7-14-8-10-16)11-15-12-5-3-1-2-4-6-12/h12,14-15H,1-11H2. The summed E-state index contributed by atoms with van der Waals surface area (Å²) in [5.41, 5.74) is 0. The lowest BCUT2D eigenvalue weighted by molar-refractivity contribution is -0.130. The first-order chi connectivity index (χ1) is 8.36. The molecule has 2 fully saturated rings. The monoisotopic (exact) mass is 239 g/mol. The van der Waals surface area contributed by atoms with Crippen LogP contribution in [0, 0.1) is 0 Å². The van der Waals surface area contributed by atoms with E-state index in [1.165, 1.54) is 38.5 Å². The summed E-state index contributed by atoms with van der Waals surface area (Å²) in [4.78, 5) is 13.9. The number of piperazine rings is 1. The zero-order valence-electron chi connectivity index (χ0n) is 10.7. The number of nitrogens with zero attached hydrogens (tertiary/aromatic N) is 1. The Bertz CT molecular complexity index is 231. The van der Waals surface area contributed by atoms with Crippen molar-refractivity contribution >= 4 is 5.91 Å². The highest BCUT2D eigenvalue weighted by Crippen LogP contribution is 2.16. The number of nitrogens with one attached hydrogen (secondary N) is 2. The van der Waals surface area contributed by atoms with Crippen molar-refractivity contribution < 1.29 is 4.79 Å². The Morgan fingerprint density at radius 3 is 2.41 bits per heavy atom. The molecule has 0 aromatic rings. The molecular weight excluding hydrogens is 214 g/mol. The molecule has 2 aliphatic rings. The number of carbonyl (C=O) groups excluding carboxylic acids is 1. The minimum Gasteiger partial charge on any atom is -0.339 e. The average molecular weight is 239 g/mol. The lowest BCUT2D eigenvalue weighted by Crippen LogP contribution is -2.50. The molecule has 1 heterocycles. The third-order valence-electron chi connectivity index (χ3n) is 3.87. The molecular formula is C13H25N3O. The number of hydrogen-bond acceptors (Lipinski definition) is 3. The second kappa shape index (κ2) is 6.97. The Kier molecular flexibility index (Phi) is 5.26. The van der Waals surface area contributed by atoms with Crippen LogP contribution in [-0.4, -0.2) is 49.6 Å². The molecule has 4 nitrogen and oxygen atoms in total. The first-order valence-electron chi connectivity index (χ1n) is 7.08. The molecule has 0 atom stereocenters. The van der Waals surface area contributed by atoms with E-state index in [1.54, 1.807) is 0 Å². The second-order valence-electron chi connectivity index (χ2n) is 5.20. The van der Waals surface area contributed by atoms with E-state index in [0.717, 1.165) is 26.2 Å². The molecule has 0 bridgehead atoms. The highest BCUT2D eigenvalue weighted by Gasteiger charge is 2.18. The molecule has 1 aliphatic carbocycles. The van der Waals surface area contributed by atoms with Gasteiger partial charge in [-0.05, 0) is 12.8 Å². The van der Waals surface area contributed by atoms with E-state index in [1.807, 2.05) is 4.90 Å². The van der Waals surface area contributed by atoms with Gasteiger partial charge in [0, 0.05) is 32.2 Å². The van der Waals surface area contributed by atoms with Crippen molar-refractivity contribution in [3.8, 4) is 0 Å². The lowest BCUT2D eigenvalue weighted by atomic mass is 10.1. The van der Waals surface area contributed by atoms with E-state index in [2.05, 4.69) is 10.6 Å². The van der Waals surface area contributed by atoms with Crippen molar-refractivity contribution in [1.29, 1.82) is 0 Å². The van der Waals surface area contributed by atoms with E-state index >= 15 is 0 Å². The van der Waals surface area contributed by atoms with Gasteiger partial charge in [0.25, 0.3) is 0 Å². The average Bonchev–Trinajstić information content (AvgIpc) is 2.65. The zero-order chi connectivity index (χ0) is 11.9. The summed E-state index contributed by atoms with van der Waals surface area (Å²) in [6.45, 7) is 4.14.